The molecule has 2 fully saturated rings. The minimum absolute atomic E-state index is 0.376. The summed E-state index contributed by atoms with van der Waals surface area (Å²) in [7, 11) is 1.70. The Morgan fingerprint density at radius 3 is 2.54 bits per heavy atom. The number of nitrogens with zero attached hydrogens (tertiary/aromatic N) is 1. The van der Waals surface area contributed by atoms with Gasteiger partial charge in [0, 0.05) is 24.2 Å². The van der Waals surface area contributed by atoms with Gasteiger partial charge in [0.1, 0.15) is 5.75 Å². The number of likely N-dealkylation sites (tertiary alicyclic amines) is 1. The first-order valence-electron chi connectivity index (χ1n) is 10.2. The molecule has 2 aromatic carbocycles. The van der Waals surface area contributed by atoms with Gasteiger partial charge in [0.15, 0.2) is 0 Å². The molecule has 3 nitrogen and oxygen atoms in total. The largest absolute Gasteiger partial charge is 0.497 e. The highest BCUT2D eigenvalue weighted by molar-refractivity contribution is 6.03. The lowest BCUT2D eigenvalue weighted by Crippen LogP contribution is -2.45. The first-order valence-corrected chi connectivity index (χ1v) is 10.2. The van der Waals surface area contributed by atoms with E-state index in [0.29, 0.717) is 5.92 Å². The summed E-state index contributed by atoms with van der Waals surface area (Å²) in [6.45, 7) is 2.30. The molecule has 0 spiro atoms. The molecule has 2 aliphatic rings. The highest BCUT2D eigenvalue weighted by Crippen LogP contribution is 2.29. The zero-order chi connectivity index (χ0) is 17.9. The van der Waals surface area contributed by atoms with Crippen LogP contribution in [0.1, 0.15) is 50.5 Å². The van der Waals surface area contributed by atoms with Crippen molar-refractivity contribution in [1.82, 2.24) is 4.90 Å². The molecule has 1 N–H and O–H groups in total. The SMILES string of the molecule is COc1ccc2cc(C(=N)C3CCCN(C4CCCCC4)C3)ccc2c1. The maximum atomic E-state index is 8.83. The van der Waals surface area contributed by atoms with Crippen molar-refractivity contribution in [3.05, 3.63) is 42.0 Å². The molecular formula is C23H30N2O. The van der Waals surface area contributed by atoms with E-state index in [9.17, 15) is 0 Å². The maximum Gasteiger partial charge on any atom is 0.119 e. The van der Waals surface area contributed by atoms with E-state index < -0.39 is 0 Å². The van der Waals surface area contributed by atoms with E-state index in [0.717, 1.165) is 36.0 Å². The Kier molecular flexibility index (Phi) is 5.26. The van der Waals surface area contributed by atoms with Crippen LogP contribution >= 0.6 is 0 Å². The van der Waals surface area contributed by atoms with Crippen molar-refractivity contribution < 1.29 is 4.74 Å². The van der Waals surface area contributed by atoms with E-state index >= 15 is 0 Å². The molecule has 1 aliphatic heterocycles. The molecule has 26 heavy (non-hydrogen) atoms. The number of rotatable bonds is 4. The summed E-state index contributed by atoms with van der Waals surface area (Å²) < 4.78 is 5.32. The van der Waals surface area contributed by atoms with Crippen LogP contribution in [0.2, 0.25) is 0 Å². The fourth-order valence-electron chi connectivity index (χ4n) is 4.77. The first-order chi connectivity index (χ1) is 12.7. The van der Waals surface area contributed by atoms with Crippen LogP contribution < -0.4 is 4.74 Å². The van der Waals surface area contributed by atoms with Gasteiger partial charge in [0.2, 0.25) is 0 Å². The average molecular weight is 351 g/mol. The van der Waals surface area contributed by atoms with Crippen molar-refractivity contribution in [1.29, 1.82) is 5.41 Å². The molecule has 1 aliphatic carbocycles. The molecule has 1 heterocycles. The van der Waals surface area contributed by atoms with Gasteiger partial charge in [-0.15, -0.1) is 0 Å². The summed E-state index contributed by atoms with van der Waals surface area (Å²) in [5.41, 5.74) is 1.90. The van der Waals surface area contributed by atoms with E-state index in [1.165, 1.54) is 55.8 Å². The van der Waals surface area contributed by atoms with Crippen LogP contribution in [0.5, 0.6) is 5.75 Å². The fourth-order valence-corrected chi connectivity index (χ4v) is 4.77. The number of hydrogen-bond acceptors (Lipinski definition) is 3. The molecule has 0 amide bonds. The highest BCUT2D eigenvalue weighted by Gasteiger charge is 2.29. The summed E-state index contributed by atoms with van der Waals surface area (Å²) in [6.07, 6.45) is 9.28. The van der Waals surface area contributed by atoms with Crippen LogP contribution in [0.25, 0.3) is 10.8 Å². The molecule has 138 valence electrons. The Balaban J connectivity index is 1.50. The van der Waals surface area contributed by atoms with Crippen LogP contribution in [0.4, 0.5) is 0 Å². The summed E-state index contributed by atoms with van der Waals surface area (Å²) in [5.74, 6) is 1.26. The van der Waals surface area contributed by atoms with E-state index in [4.69, 9.17) is 10.1 Å². The second kappa shape index (κ2) is 7.79. The molecule has 0 radical (unpaired) electrons. The molecule has 0 bridgehead atoms. The molecule has 3 heteroatoms. The van der Waals surface area contributed by atoms with Gasteiger partial charge in [-0.25, -0.2) is 0 Å². The van der Waals surface area contributed by atoms with Crippen molar-refractivity contribution in [2.45, 2.75) is 51.0 Å². The van der Waals surface area contributed by atoms with Gasteiger partial charge in [-0.3, -0.25) is 4.90 Å². The van der Waals surface area contributed by atoms with Gasteiger partial charge in [0.05, 0.1) is 7.11 Å². The Morgan fingerprint density at radius 2 is 1.73 bits per heavy atom. The van der Waals surface area contributed by atoms with Gasteiger partial charge in [-0.1, -0.05) is 37.5 Å². The highest BCUT2D eigenvalue weighted by atomic mass is 16.5. The van der Waals surface area contributed by atoms with Crippen molar-refractivity contribution >= 4 is 16.5 Å². The van der Waals surface area contributed by atoms with E-state index in [1.54, 1.807) is 7.11 Å². The standard InChI is InChI=1S/C23H30N2O/c1-26-22-12-11-17-14-19(10-9-18(17)15-22)23(24)20-6-5-13-25(16-20)21-7-3-2-4-8-21/h9-12,14-15,20-21,24H,2-8,13,16H2,1H3. The molecule has 1 saturated heterocycles. The molecule has 2 aromatic rings. The lowest BCUT2D eigenvalue weighted by atomic mass is 9.86. The number of methoxy groups -OCH3 is 1. The molecule has 0 aromatic heterocycles. The van der Waals surface area contributed by atoms with Crippen LogP contribution in [0.15, 0.2) is 36.4 Å². The predicted octanol–water partition coefficient (Wildman–Crippen LogP) is 5.26. The Bertz CT molecular complexity index is 779. The predicted molar refractivity (Wildman–Crippen MR) is 108 cm³/mol. The number of benzene rings is 2. The molecular weight excluding hydrogens is 320 g/mol. The third kappa shape index (κ3) is 3.64. The zero-order valence-corrected chi connectivity index (χ0v) is 15.8. The van der Waals surface area contributed by atoms with Gasteiger partial charge >= 0.3 is 0 Å². The minimum Gasteiger partial charge on any atom is -0.497 e. The number of hydrogen-bond donors (Lipinski definition) is 1. The van der Waals surface area contributed by atoms with Crippen LogP contribution in [0, 0.1) is 11.3 Å². The van der Waals surface area contributed by atoms with Crippen LogP contribution in [0.3, 0.4) is 0 Å². The van der Waals surface area contributed by atoms with Crippen molar-refractivity contribution in [3.63, 3.8) is 0 Å². The third-order valence-corrected chi connectivity index (χ3v) is 6.31. The second-order valence-corrected chi connectivity index (χ2v) is 7.97. The summed E-state index contributed by atoms with van der Waals surface area (Å²) in [4.78, 5) is 2.69. The third-order valence-electron chi connectivity index (χ3n) is 6.31. The van der Waals surface area contributed by atoms with Gasteiger partial charge in [-0.2, -0.15) is 0 Å². The number of piperidine rings is 1. The van der Waals surface area contributed by atoms with Gasteiger partial charge in [-0.05, 0) is 66.8 Å². The number of fused-ring (bicyclic) bond motifs is 1. The van der Waals surface area contributed by atoms with Crippen molar-refractivity contribution in [3.8, 4) is 5.75 Å². The number of nitrogens with one attached hydrogen (secondary N) is 1. The first kappa shape index (κ1) is 17.5. The average Bonchev–Trinajstić information content (AvgIpc) is 2.73. The van der Waals surface area contributed by atoms with Gasteiger partial charge in [0.25, 0.3) is 0 Å². The summed E-state index contributed by atoms with van der Waals surface area (Å²) >= 11 is 0. The van der Waals surface area contributed by atoms with Crippen molar-refractivity contribution in [2.24, 2.45) is 5.92 Å². The monoisotopic (exact) mass is 350 g/mol. The quantitative estimate of drug-likeness (QED) is 0.764. The Labute approximate surface area is 156 Å². The lowest BCUT2D eigenvalue weighted by Gasteiger charge is -2.40. The Morgan fingerprint density at radius 1 is 0.962 bits per heavy atom. The fraction of sp³-hybridized carbons (Fsp3) is 0.522. The topological polar surface area (TPSA) is 36.3 Å². The summed E-state index contributed by atoms with van der Waals surface area (Å²) in [6, 6.07) is 13.3. The second-order valence-electron chi connectivity index (χ2n) is 7.97. The molecule has 1 saturated carbocycles. The van der Waals surface area contributed by atoms with E-state index in [1.807, 2.05) is 6.07 Å². The number of ether oxygens (including phenoxy) is 1. The normalized spacial score (nSPS) is 22.4. The Hall–Kier alpha value is -1.87. The van der Waals surface area contributed by atoms with E-state index in [-0.39, 0.29) is 0 Å². The van der Waals surface area contributed by atoms with Crippen molar-refractivity contribution in [2.75, 3.05) is 20.2 Å². The minimum atomic E-state index is 0.376. The maximum absolute atomic E-state index is 8.83. The van der Waals surface area contributed by atoms with Crippen LogP contribution in [-0.4, -0.2) is 36.9 Å². The zero-order valence-electron chi connectivity index (χ0n) is 15.8. The smallest absolute Gasteiger partial charge is 0.119 e. The van der Waals surface area contributed by atoms with Gasteiger partial charge < -0.3 is 10.1 Å². The van der Waals surface area contributed by atoms with E-state index in [2.05, 4.69) is 35.2 Å². The summed E-state index contributed by atoms with van der Waals surface area (Å²) in [5, 5.41) is 11.2. The molecule has 1 atom stereocenters. The molecule has 4 rings (SSSR count). The van der Waals surface area contributed by atoms with Crippen LogP contribution in [-0.2, 0) is 0 Å². The molecule has 1 unspecified atom stereocenters. The lowest BCUT2D eigenvalue weighted by molar-refractivity contribution is 0.116.